The molecular weight excluding hydrogens is 182 g/mol. The Morgan fingerprint density at radius 3 is 2.40 bits per heavy atom. The minimum absolute atomic E-state index is 0.304. The lowest BCUT2D eigenvalue weighted by Gasteiger charge is -2.33. The average Bonchev–Trinajstić information content (AvgIpc) is 2.50. The molecule has 1 nitrogen and oxygen atoms in total. The van der Waals surface area contributed by atoms with Gasteiger partial charge in [0.15, 0.2) is 0 Å². The molecule has 0 radical (unpaired) electrons. The third kappa shape index (κ3) is 2.17. The lowest BCUT2D eigenvalue weighted by atomic mass is 9.99. The van der Waals surface area contributed by atoms with Gasteiger partial charge in [-0.3, -0.25) is 0 Å². The van der Waals surface area contributed by atoms with Crippen LogP contribution in [-0.2, 0) is 6.42 Å². The number of hydrogen-bond donors (Lipinski definition) is 0. The molecule has 0 amide bonds. The maximum Gasteiger partial charge on any atom is 0.0404 e. The predicted molar refractivity (Wildman–Crippen MR) is 68.6 cm³/mol. The van der Waals surface area contributed by atoms with Gasteiger partial charge in [-0.15, -0.1) is 0 Å². The molecule has 0 fully saturated rings. The summed E-state index contributed by atoms with van der Waals surface area (Å²) in [5, 5.41) is 0. The van der Waals surface area contributed by atoms with Crippen molar-refractivity contribution in [3.63, 3.8) is 0 Å². The Bertz CT molecular complexity index is 315. The van der Waals surface area contributed by atoms with Crippen molar-refractivity contribution < 1.29 is 0 Å². The van der Waals surface area contributed by atoms with Crippen LogP contribution in [0.3, 0.4) is 0 Å². The highest BCUT2D eigenvalue weighted by Gasteiger charge is 2.33. The SMILES string of the molecule is CC.CCN1c2ccccc2CC1(C)C. The van der Waals surface area contributed by atoms with Crippen molar-refractivity contribution in [3.05, 3.63) is 29.8 Å². The van der Waals surface area contributed by atoms with Crippen molar-refractivity contribution in [1.29, 1.82) is 0 Å². The summed E-state index contributed by atoms with van der Waals surface area (Å²) in [6.45, 7) is 12.0. The largest absolute Gasteiger partial charge is 0.366 e. The summed E-state index contributed by atoms with van der Waals surface area (Å²) < 4.78 is 0. The molecule has 0 spiro atoms. The van der Waals surface area contributed by atoms with Gasteiger partial charge in [0.25, 0.3) is 0 Å². The highest BCUT2D eigenvalue weighted by atomic mass is 15.2. The van der Waals surface area contributed by atoms with Crippen LogP contribution in [0.2, 0.25) is 0 Å². The molecule has 1 heterocycles. The summed E-state index contributed by atoms with van der Waals surface area (Å²) in [4.78, 5) is 2.49. The van der Waals surface area contributed by atoms with Crippen molar-refractivity contribution in [2.24, 2.45) is 0 Å². The molecule has 0 N–H and O–H groups in total. The molecule has 1 aliphatic rings. The standard InChI is InChI=1S/C12H17N.C2H6/c1-4-13-11-8-6-5-7-10(11)9-12(13,2)3;1-2/h5-8H,4,9H2,1-3H3;1-2H3. The van der Waals surface area contributed by atoms with Gasteiger partial charge in [0.2, 0.25) is 0 Å². The fourth-order valence-corrected chi connectivity index (χ4v) is 2.41. The van der Waals surface area contributed by atoms with E-state index in [9.17, 15) is 0 Å². The highest BCUT2D eigenvalue weighted by molar-refractivity contribution is 5.60. The molecule has 2 rings (SSSR count). The van der Waals surface area contributed by atoms with Gasteiger partial charge in [0.05, 0.1) is 0 Å². The first-order valence-corrected chi connectivity index (χ1v) is 6.01. The third-order valence-electron chi connectivity index (χ3n) is 2.95. The van der Waals surface area contributed by atoms with Crippen LogP contribution in [0.25, 0.3) is 0 Å². The van der Waals surface area contributed by atoms with Crippen molar-refractivity contribution >= 4 is 5.69 Å². The highest BCUT2D eigenvalue weighted by Crippen LogP contribution is 2.37. The molecule has 1 aromatic carbocycles. The fourth-order valence-electron chi connectivity index (χ4n) is 2.41. The van der Waals surface area contributed by atoms with E-state index in [0.717, 1.165) is 6.54 Å². The first-order chi connectivity index (χ1) is 7.15. The predicted octanol–water partition coefficient (Wildman–Crippen LogP) is 3.87. The molecule has 0 unspecified atom stereocenters. The molecule has 0 atom stereocenters. The minimum Gasteiger partial charge on any atom is -0.366 e. The first-order valence-electron chi connectivity index (χ1n) is 6.01. The van der Waals surface area contributed by atoms with E-state index in [1.54, 1.807) is 0 Å². The number of likely N-dealkylation sites (N-methyl/N-ethyl adjacent to an activating group) is 1. The van der Waals surface area contributed by atoms with Crippen LogP contribution in [0.1, 0.15) is 40.2 Å². The summed E-state index contributed by atoms with van der Waals surface area (Å²) in [6, 6.07) is 8.73. The second-order valence-electron chi connectivity index (χ2n) is 4.36. The lowest BCUT2D eigenvalue weighted by Crippen LogP contribution is -2.40. The molecule has 1 heteroatoms. The number of fused-ring (bicyclic) bond motifs is 1. The van der Waals surface area contributed by atoms with Crippen molar-refractivity contribution in [2.75, 3.05) is 11.4 Å². The van der Waals surface area contributed by atoms with E-state index >= 15 is 0 Å². The van der Waals surface area contributed by atoms with Crippen LogP contribution in [0.15, 0.2) is 24.3 Å². The number of benzene rings is 1. The Hall–Kier alpha value is -0.980. The zero-order valence-corrected chi connectivity index (χ0v) is 10.7. The Labute approximate surface area is 94.1 Å². The van der Waals surface area contributed by atoms with Crippen LogP contribution in [0, 0.1) is 0 Å². The van der Waals surface area contributed by atoms with Crippen LogP contribution < -0.4 is 4.90 Å². The number of nitrogens with zero attached hydrogens (tertiary/aromatic N) is 1. The van der Waals surface area contributed by atoms with Crippen molar-refractivity contribution in [3.8, 4) is 0 Å². The third-order valence-corrected chi connectivity index (χ3v) is 2.95. The zero-order chi connectivity index (χ0) is 11.5. The van der Waals surface area contributed by atoms with Gasteiger partial charge in [0, 0.05) is 17.8 Å². The lowest BCUT2D eigenvalue weighted by molar-refractivity contribution is 0.495. The van der Waals surface area contributed by atoms with E-state index in [0.29, 0.717) is 5.54 Å². The maximum absolute atomic E-state index is 2.49. The normalized spacial score (nSPS) is 16.7. The van der Waals surface area contributed by atoms with Gasteiger partial charge in [-0.05, 0) is 38.8 Å². The summed E-state index contributed by atoms with van der Waals surface area (Å²) in [7, 11) is 0. The number of hydrogen-bond acceptors (Lipinski definition) is 1. The monoisotopic (exact) mass is 205 g/mol. The van der Waals surface area contributed by atoms with Gasteiger partial charge in [-0.25, -0.2) is 0 Å². The summed E-state index contributed by atoms with van der Waals surface area (Å²) in [5.41, 5.74) is 3.22. The molecular formula is C14H23N. The van der Waals surface area contributed by atoms with Crippen LogP contribution in [-0.4, -0.2) is 12.1 Å². The smallest absolute Gasteiger partial charge is 0.0404 e. The van der Waals surface area contributed by atoms with E-state index in [4.69, 9.17) is 0 Å². The van der Waals surface area contributed by atoms with E-state index in [-0.39, 0.29) is 0 Å². The number of anilines is 1. The quantitative estimate of drug-likeness (QED) is 0.672. The van der Waals surface area contributed by atoms with E-state index in [2.05, 4.69) is 49.9 Å². The molecule has 84 valence electrons. The van der Waals surface area contributed by atoms with Crippen molar-refractivity contribution in [2.45, 2.75) is 46.6 Å². The second-order valence-corrected chi connectivity index (χ2v) is 4.36. The molecule has 0 bridgehead atoms. The van der Waals surface area contributed by atoms with Gasteiger partial charge in [-0.2, -0.15) is 0 Å². The summed E-state index contributed by atoms with van der Waals surface area (Å²) in [5.74, 6) is 0. The van der Waals surface area contributed by atoms with Crippen molar-refractivity contribution in [1.82, 2.24) is 0 Å². The molecule has 0 saturated heterocycles. The topological polar surface area (TPSA) is 3.24 Å². The van der Waals surface area contributed by atoms with E-state index in [1.165, 1.54) is 17.7 Å². The molecule has 1 aromatic rings. The molecule has 0 aromatic heterocycles. The minimum atomic E-state index is 0.304. The van der Waals surface area contributed by atoms with Gasteiger partial charge in [0.1, 0.15) is 0 Å². The molecule has 0 saturated carbocycles. The zero-order valence-electron chi connectivity index (χ0n) is 10.7. The second kappa shape index (κ2) is 4.69. The maximum atomic E-state index is 2.49. The number of rotatable bonds is 1. The van der Waals surface area contributed by atoms with Crippen LogP contribution in [0.5, 0.6) is 0 Å². The summed E-state index contributed by atoms with van der Waals surface area (Å²) in [6.07, 6.45) is 1.18. The van der Waals surface area contributed by atoms with Crippen LogP contribution in [0.4, 0.5) is 5.69 Å². The number of para-hydroxylation sites is 1. The van der Waals surface area contributed by atoms with E-state index in [1.807, 2.05) is 13.8 Å². The molecule has 0 aliphatic carbocycles. The Morgan fingerprint density at radius 2 is 1.80 bits per heavy atom. The molecule has 1 aliphatic heterocycles. The fraction of sp³-hybridized carbons (Fsp3) is 0.571. The van der Waals surface area contributed by atoms with E-state index < -0.39 is 0 Å². The van der Waals surface area contributed by atoms with Crippen LogP contribution >= 0.6 is 0 Å². The first kappa shape index (κ1) is 12.1. The van der Waals surface area contributed by atoms with Gasteiger partial charge < -0.3 is 4.90 Å². The Kier molecular flexibility index (Phi) is 3.78. The Balaban J connectivity index is 0.000000531. The molecule has 15 heavy (non-hydrogen) atoms. The van der Waals surface area contributed by atoms with Gasteiger partial charge in [-0.1, -0.05) is 32.0 Å². The average molecular weight is 205 g/mol. The summed E-state index contributed by atoms with van der Waals surface area (Å²) >= 11 is 0. The Morgan fingerprint density at radius 1 is 1.20 bits per heavy atom. The van der Waals surface area contributed by atoms with Gasteiger partial charge >= 0.3 is 0 Å².